The van der Waals surface area contributed by atoms with E-state index in [0.717, 1.165) is 5.56 Å². The van der Waals surface area contributed by atoms with Crippen LogP contribution in [0.3, 0.4) is 0 Å². The highest BCUT2D eigenvalue weighted by Crippen LogP contribution is 2.25. The van der Waals surface area contributed by atoms with E-state index in [0.29, 0.717) is 0 Å². The minimum absolute atomic E-state index is 0.225. The zero-order chi connectivity index (χ0) is 17.5. The number of rotatable bonds is 10. The van der Waals surface area contributed by atoms with Crippen LogP contribution in [-0.2, 0) is 20.8 Å². The highest BCUT2D eigenvalue weighted by Gasteiger charge is 2.51. The number of hydrogen-bond donors (Lipinski definition) is 5. The van der Waals surface area contributed by atoms with Crippen molar-refractivity contribution in [2.75, 3.05) is 13.7 Å². The molecule has 0 aliphatic carbocycles. The van der Waals surface area contributed by atoms with Gasteiger partial charge in [0.25, 0.3) is 0 Å². The second-order valence-corrected chi connectivity index (χ2v) is 5.20. The number of benzene rings is 1. The Labute approximate surface area is 134 Å². The van der Waals surface area contributed by atoms with Crippen LogP contribution in [0.1, 0.15) is 18.9 Å². The lowest BCUT2D eigenvalue weighted by Crippen LogP contribution is -2.59. The third kappa shape index (κ3) is 6.50. The molecule has 1 aromatic rings. The van der Waals surface area contributed by atoms with E-state index in [1.165, 1.54) is 14.0 Å². The first-order valence-electron chi connectivity index (χ1n) is 7.08. The van der Waals surface area contributed by atoms with Gasteiger partial charge in [0, 0.05) is 13.5 Å². The first-order valence-corrected chi connectivity index (χ1v) is 7.08. The van der Waals surface area contributed by atoms with E-state index < -0.39 is 30.6 Å². The van der Waals surface area contributed by atoms with Crippen molar-refractivity contribution in [3.63, 3.8) is 0 Å². The summed E-state index contributed by atoms with van der Waals surface area (Å²) in [6.45, 7) is 1.33. The summed E-state index contributed by atoms with van der Waals surface area (Å²) in [5.41, 5.74) is 0.884. The van der Waals surface area contributed by atoms with E-state index in [4.69, 9.17) is 4.74 Å². The van der Waals surface area contributed by atoms with Crippen molar-refractivity contribution >= 4 is 0 Å². The van der Waals surface area contributed by atoms with Crippen molar-refractivity contribution in [2.45, 2.75) is 44.1 Å². The van der Waals surface area contributed by atoms with Crippen molar-refractivity contribution in [3.8, 4) is 0 Å². The third-order valence-corrected chi connectivity index (χ3v) is 3.13. The lowest BCUT2D eigenvalue weighted by molar-refractivity contribution is -0.485. The Bertz CT molecular complexity index is 448. The lowest BCUT2D eigenvalue weighted by Gasteiger charge is -2.36. The minimum atomic E-state index is -3.32. The molecule has 2 unspecified atom stereocenters. The Morgan fingerprint density at radius 1 is 1.09 bits per heavy atom. The molecule has 0 saturated carbocycles. The van der Waals surface area contributed by atoms with E-state index >= 15 is 0 Å². The van der Waals surface area contributed by atoms with E-state index in [1.807, 2.05) is 30.3 Å². The second kappa shape index (κ2) is 8.67. The normalized spacial score (nSPS) is 15.4. The van der Waals surface area contributed by atoms with Crippen LogP contribution < -0.4 is 0 Å². The summed E-state index contributed by atoms with van der Waals surface area (Å²) in [6.07, 6.45) is -3.26. The summed E-state index contributed by atoms with van der Waals surface area (Å²) < 4.78 is 14.5. The fraction of sp³-hybridized carbons (Fsp3) is 0.600. The van der Waals surface area contributed by atoms with Gasteiger partial charge in [-0.25, -0.2) is 0 Å². The van der Waals surface area contributed by atoms with Crippen LogP contribution in [0.15, 0.2) is 30.3 Å². The average Bonchev–Trinajstić information content (AvgIpc) is 2.47. The molecule has 5 N–H and O–H groups in total. The molecule has 1 aromatic carbocycles. The summed E-state index contributed by atoms with van der Waals surface area (Å²) in [6, 6.07) is 9.19. The molecule has 132 valence electrons. The number of ether oxygens (including phenoxy) is 3. The summed E-state index contributed by atoms with van der Waals surface area (Å²) >= 11 is 0. The van der Waals surface area contributed by atoms with Gasteiger partial charge in [0.1, 0.15) is 0 Å². The number of aliphatic hydroxyl groups excluding tert-OH is 1. The zero-order valence-electron chi connectivity index (χ0n) is 13.1. The summed E-state index contributed by atoms with van der Waals surface area (Å²) in [4.78, 5) is 0. The number of hydrogen-bond acceptors (Lipinski definition) is 8. The smallest absolute Gasteiger partial charge is 0.337 e. The standard InChI is InChI=1S/C15H24O8/c1-11(21-2)23-15(19,20)14(17,18)8-13(16)10-22-9-12-6-4-3-5-7-12/h3-7,11,13,16-20H,8-10H2,1-2H3. The van der Waals surface area contributed by atoms with Gasteiger partial charge >= 0.3 is 5.97 Å². The second-order valence-electron chi connectivity index (χ2n) is 5.20. The minimum Gasteiger partial charge on any atom is -0.391 e. The predicted molar refractivity (Wildman–Crippen MR) is 78.6 cm³/mol. The van der Waals surface area contributed by atoms with Crippen LogP contribution >= 0.6 is 0 Å². The highest BCUT2D eigenvalue weighted by molar-refractivity contribution is 5.13. The van der Waals surface area contributed by atoms with Crippen LogP contribution in [0.2, 0.25) is 0 Å². The highest BCUT2D eigenvalue weighted by atomic mass is 16.8. The Morgan fingerprint density at radius 2 is 1.70 bits per heavy atom. The molecular formula is C15H24O8. The van der Waals surface area contributed by atoms with Crippen LogP contribution in [0.25, 0.3) is 0 Å². The van der Waals surface area contributed by atoms with Crippen LogP contribution in [0.5, 0.6) is 0 Å². The van der Waals surface area contributed by atoms with Gasteiger partial charge in [-0.3, -0.25) is 4.74 Å². The SMILES string of the molecule is COC(C)OC(O)(O)C(O)(O)CC(O)COCc1ccccc1. The molecule has 0 spiro atoms. The topological polar surface area (TPSA) is 129 Å². The van der Waals surface area contributed by atoms with E-state index in [9.17, 15) is 25.5 Å². The Balaban J connectivity index is 2.45. The van der Waals surface area contributed by atoms with Gasteiger partial charge in [0.15, 0.2) is 6.29 Å². The molecule has 8 heteroatoms. The van der Waals surface area contributed by atoms with Gasteiger partial charge in [-0.05, 0) is 12.5 Å². The quantitative estimate of drug-likeness (QED) is 0.355. The first kappa shape index (κ1) is 19.9. The monoisotopic (exact) mass is 332 g/mol. The maximum absolute atomic E-state index is 9.76. The molecule has 2 atom stereocenters. The lowest BCUT2D eigenvalue weighted by atomic mass is 10.1. The maximum atomic E-state index is 9.76. The van der Waals surface area contributed by atoms with Crippen molar-refractivity contribution in [3.05, 3.63) is 35.9 Å². The third-order valence-electron chi connectivity index (χ3n) is 3.13. The van der Waals surface area contributed by atoms with Crippen LogP contribution in [-0.4, -0.2) is 63.4 Å². The van der Waals surface area contributed by atoms with Gasteiger partial charge in [0.2, 0.25) is 5.79 Å². The fourth-order valence-corrected chi connectivity index (χ4v) is 1.78. The Hall–Kier alpha value is -1.10. The number of methoxy groups -OCH3 is 1. The zero-order valence-corrected chi connectivity index (χ0v) is 13.1. The molecule has 1 rings (SSSR count). The molecule has 0 aliphatic rings. The molecule has 8 nitrogen and oxygen atoms in total. The molecule has 0 aliphatic heterocycles. The van der Waals surface area contributed by atoms with E-state index in [-0.39, 0.29) is 13.2 Å². The van der Waals surface area contributed by atoms with Crippen molar-refractivity contribution < 1.29 is 39.7 Å². The van der Waals surface area contributed by atoms with Gasteiger partial charge in [-0.1, -0.05) is 30.3 Å². The van der Waals surface area contributed by atoms with Crippen LogP contribution in [0, 0.1) is 0 Å². The molecule has 0 saturated heterocycles. The number of aliphatic hydroxyl groups is 5. The van der Waals surface area contributed by atoms with Crippen LogP contribution in [0.4, 0.5) is 0 Å². The van der Waals surface area contributed by atoms with E-state index in [2.05, 4.69) is 9.47 Å². The molecule has 0 aromatic heterocycles. The molecule has 0 bridgehead atoms. The maximum Gasteiger partial charge on any atom is 0.337 e. The van der Waals surface area contributed by atoms with Crippen molar-refractivity contribution in [2.24, 2.45) is 0 Å². The van der Waals surface area contributed by atoms with Gasteiger partial charge < -0.3 is 35.0 Å². The molecule has 0 radical (unpaired) electrons. The van der Waals surface area contributed by atoms with Crippen molar-refractivity contribution in [1.29, 1.82) is 0 Å². The first-order chi connectivity index (χ1) is 10.7. The summed E-state index contributed by atoms with van der Waals surface area (Å²) in [5, 5.41) is 48.4. The molecule has 23 heavy (non-hydrogen) atoms. The summed E-state index contributed by atoms with van der Waals surface area (Å²) in [7, 11) is 1.24. The molecular weight excluding hydrogens is 308 g/mol. The van der Waals surface area contributed by atoms with Gasteiger partial charge in [-0.15, -0.1) is 0 Å². The average molecular weight is 332 g/mol. The Kier molecular flexibility index (Phi) is 7.52. The van der Waals surface area contributed by atoms with Gasteiger partial charge in [0.05, 0.1) is 19.3 Å². The van der Waals surface area contributed by atoms with Crippen molar-refractivity contribution in [1.82, 2.24) is 0 Å². The molecule has 0 amide bonds. The molecule has 0 fully saturated rings. The Morgan fingerprint density at radius 3 is 2.26 bits per heavy atom. The predicted octanol–water partition coefficient (Wildman–Crippen LogP) is -0.718. The van der Waals surface area contributed by atoms with E-state index in [1.54, 1.807) is 0 Å². The fourth-order valence-electron chi connectivity index (χ4n) is 1.78. The molecule has 0 heterocycles. The largest absolute Gasteiger partial charge is 0.391 e. The summed E-state index contributed by atoms with van der Waals surface area (Å²) in [5.74, 6) is -6.43. The van der Waals surface area contributed by atoms with Gasteiger partial charge in [-0.2, -0.15) is 0 Å².